The van der Waals surface area contributed by atoms with Crippen molar-refractivity contribution in [1.82, 2.24) is 10.5 Å². The number of carbonyl (C=O) groups is 2. The van der Waals surface area contributed by atoms with Gasteiger partial charge in [0.15, 0.2) is 5.76 Å². The second-order valence-corrected chi connectivity index (χ2v) is 4.48. The molecule has 0 atom stereocenters. The van der Waals surface area contributed by atoms with E-state index in [1.54, 1.807) is 37.4 Å². The van der Waals surface area contributed by atoms with E-state index in [0.29, 0.717) is 22.8 Å². The minimum atomic E-state index is -0.391. The molecule has 1 heterocycles. The third-order valence-corrected chi connectivity index (χ3v) is 2.81. The van der Waals surface area contributed by atoms with Crippen LogP contribution >= 0.6 is 0 Å². The van der Waals surface area contributed by atoms with Crippen LogP contribution in [0.2, 0.25) is 0 Å². The molecule has 7 nitrogen and oxygen atoms in total. The molecule has 7 heteroatoms. The molecular formula is C15H16N2O5. The fourth-order valence-electron chi connectivity index (χ4n) is 1.69. The van der Waals surface area contributed by atoms with Gasteiger partial charge in [0.1, 0.15) is 18.1 Å². The van der Waals surface area contributed by atoms with E-state index in [9.17, 15) is 9.59 Å². The van der Waals surface area contributed by atoms with Gasteiger partial charge in [-0.3, -0.25) is 9.59 Å². The van der Waals surface area contributed by atoms with E-state index in [2.05, 4.69) is 10.5 Å². The molecule has 116 valence electrons. The van der Waals surface area contributed by atoms with Gasteiger partial charge in [-0.05, 0) is 24.3 Å². The monoisotopic (exact) mass is 304 g/mol. The first kappa shape index (κ1) is 15.6. The fourth-order valence-corrected chi connectivity index (χ4v) is 1.69. The molecule has 0 aliphatic heterocycles. The molecule has 1 aromatic heterocycles. The van der Waals surface area contributed by atoms with Crippen molar-refractivity contribution in [2.75, 3.05) is 7.11 Å². The number of hydrogen-bond acceptors (Lipinski definition) is 6. The number of nitrogens with zero attached hydrogens (tertiary/aromatic N) is 1. The quantitative estimate of drug-likeness (QED) is 0.816. The molecule has 1 aromatic carbocycles. The maximum absolute atomic E-state index is 12.0. The van der Waals surface area contributed by atoms with Gasteiger partial charge in [0, 0.05) is 18.6 Å². The SMILES string of the molecule is COc1ccc(C(=O)NCc2cc(COC(C)=O)no2)cc1. The number of benzene rings is 1. The van der Waals surface area contributed by atoms with Crippen molar-refractivity contribution in [3.05, 3.63) is 47.3 Å². The summed E-state index contributed by atoms with van der Waals surface area (Å²) in [6.45, 7) is 1.55. The lowest BCUT2D eigenvalue weighted by Gasteiger charge is -2.04. The Hall–Kier alpha value is -2.83. The molecule has 1 amide bonds. The molecular weight excluding hydrogens is 288 g/mol. The summed E-state index contributed by atoms with van der Waals surface area (Å²) in [6.07, 6.45) is 0. The van der Waals surface area contributed by atoms with Gasteiger partial charge in [0.2, 0.25) is 0 Å². The average molecular weight is 304 g/mol. The van der Waals surface area contributed by atoms with Gasteiger partial charge in [-0.15, -0.1) is 0 Å². The Kier molecular flexibility index (Phi) is 5.13. The highest BCUT2D eigenvalue weighted by Crippen LogP contribution is 2.11. The number of esters is 1. The Labute approximate surface area is 127 Å². The number of aromatic nitrogens is 1. The predicted octanol–water partition coefficient (Wildman–Crippen LogP) is 1.68. The van der Waals surface area contributed by atoms with Gasteiger partial charge in [-0.2, -0.15) is 0 Å². The van der Waals surface area contributed by atoms with Crippen LogP contribution in [0.5, 0.6) is 5.75 Å². The Balaban J connectivity index is 1.86. The Morgan fingerprint density at radius 1 is 1.27 bits per heavy atom. The van der Waals surface area contributed by atoms with Gasteiger partial charge < -0.3 is 19.3 Å². The third-order valence-electron chi connectivity index (χ3n) is 2.81. The van der Waals surface area contributed by atoms with Crippen molar-refractivity contribution in [3.63, 3.8) is 0 Å². The maximum Gasteiger partial charge on any atom is 0.303 e. The number of amides is 1. The molecule has 2 rings (SSSR count). The number of ether oxygens (including phenoxy) is 2. The number of rotatable bonds is 6. The maximum atomic E-state index is 12.0. The van der Waals surface area contributed by atoms with E-state index >= 15 is 0 Å². The molecule has 0 spiro atoms. The second-order valence-electron chi connectivity index (χ2n) is 4.48. The lowest BCUT2D eigenvalue weighted by molar-refractivity contribution is -0.142. The zero-order valence-electron chi connectivity index (χ0n) is 12.3. The van der Waals surface area contributed by atoms with E-state index in [0.717, 1.165) is 0 Å². The summed E-state index contributed by atoms with van der Waals surface area (Å²) in [4.78, 5) is 22.7. The van der Waals surface area contributed by atoms with E-state index < -0.39 is 5.97 Å². The van der Waals surface area contributed by atoms with Gasteiger partial charge in [-0.25, -0.2) is 0 Å². The van der Waals surface area contributed by atoms with Crippen LogP contribution in [0.25, 0.3) is 0 Å². The lowest BCUT2D eigenvalue weighted by atomic mass is 10.2. The molecule has 22 heavy (non-hydrogen) atoms. The number of carbonyl (C=O) groups excluding carboxylic acids is 2. The van der Waals surface area contributed by atoms with Crippen LogP contribution < -0.4 is 10.1 Å². The van der Waals surface area contributed by atoms with Gasteiger partial charge >= 0.3 is 5.97 Å². The van der Waals surface area contributed by atoms with E-state index in [-0.39, 0.29) is 19.1 Å². The highest BCUT2D eigenvalue weighted by Gasteiger charge is 2.09. The summed E-state index contributed by atoms with van der Waals surface area (Å²) in [5.41, 5.74) is 1.00. The molecule has 0 saturated carbocycles. The first-order chi connectivity index (χ1) is 10.6. The molecule has 1 N–H and O–H groups in total. The molecule has 0 fully saturated rings. The summed E-state index contributed by atoms with van der Waals surface area (Å²) < 4.78 is 14.9. The largest absolute Gasteiger partial charge is 0.497 e. The molecule has 0 unspecified atom stereocenters. The summed E-state index contributed by atoms with van der Waals surface area (Å²) >= 11 is 0. The lowest BCUT2D eigenvalue weighted by Crippen LogP contribution is -2.22. The van der Waals surface area contributed by atoms with Crippen molar-refractivity contribution in [1.29, 1.82) is 0 Å². The number of nitrogens with one attached hydrogen (secondary N) is 1. The van der Waals surface area contributed by atoms with Crippen molar-refractivity contribution < 1.29 is 23.6 Å². The van der Waals surface area contributed by atoms with Crippen LogP contribution in [0.4, 0.5) is 0 Å². The molecule has 0 aliphatic rings. The van der Waals surface area contributed by atoms with Crippen LogP contribution in [0.3, 0.4) is 0 Å². The van der Waals surface area contributed by atoms with Gasteiger partial charge in [0.25, 0.3) is 5.91 Å². The van der Waals surface area contributed by atoms with Gasteiger partial charge in [-0.1, -0.05) is 5.16 Å². The van der Waals surface area contributed by atoms with E-state index in [1.807, 2.05) is 0 Å². The molecule has 2 aromatic rings. The normalized spacial score (nSPS) is 10.1. The van der Waals surface area contributed by atoms with Crippen molar-refractivity contribution in [3.8, 4) is 5.75 Å². The Morgan fingerprint density at radius 2 is 2.00 bits per heavy atom. The van der Waals surface area contributed by atoms with E-state index in [4.69, 9.17) is 14.0 Å². The summed E-state index contributed by atoms with van der Waals surface area (Å²) in [5, 5.41) is 6.45. The molecule has 0 saturated heterocycles. The minimum Gasteiger partial charge on any atom is -0.497 e. The van der Waals surface area contributed by atoms with Crippen LogP contribution in [-0.2, 0) is 22.7 Å². The number of methoxy groups -OCH3 is 1. The van der Waals surface area contributed by atoms with Crippen LogP contribution in [-0.4, -0.2) is 24.1 Å². The topological polar surface area (TPSA) is 90.7 Å². The van der Waals surface area contributed by atoms with Crippen LogP contribution in [0.1, 0.15) is 28.7 Å². The smallest absolute Gasteiger partial charge is 0.303 e. The summed E-state index contributed by atoms with van der Waals surface area (Å²) in [7, 11) is 1.56. The standard InChI is InChI=1S/C15H16N2O5/c1-10(18)21-9-12-7-14(22-17-12)8-16-15(19)11-3-5-13(20-2)6-4-11/h3-7H,8-9H2,1-2H3,(H,16,19). The summed E-state index contributed by atoms with van der Waals surface area (Å²) in [5.74, 6) is 0.531. The zero-order valence-corrected chi connectivity index (χ0v) is 12.3. The highest BCUT2D eigenvalue weighted by molar-refractivity contribution is 5.94. The first-order valence-electron chi connectivity index (χ1n) is 6.58. The van der Waals surface area contributed by atoms with Gasteiger partial charge in [0.05, 0.1) is 13.7 Å². The average Bonchev–Trinajstić information content (AvgIpc) is 2.98. The highest BCUT2D eigenvalue weighted by atomic mass is 16.5. The minimum absolute atomic E-state index is 0.0469. The van der Waals surface area contributed by atoms with Crippen molar-refractivity contribution in [2.24, 2.45) is 0 Å². The molecule has 0 aliphatic carbocycles. The van der Waals surface area contributed by atoms with E-state index in [1.165, 1.54) is 6.92 Å². The zero-order chi connectivity index (χ0) is 15.9. The third kappa shape index (κ3) is 4.34. The van der Waals surface area contributed by atoms with Crippen LogP contribution in [0.15, 0.2) is 34.9 Å². The van der Waals surface area contributed by atoms with Crippen molar-refractivity contribution in [2.45, 2.75) is 20.1 Å². The van der Waals surface area contributed by atoms with Crippen molar-refractivity contribution >= 4 is 11.9 Å². The van der Waals surface area contributed by atoms with Crippen LogP contribution in [0, 0.1) is 0 Å². The Bertz CT molecular complexity index is 648. The summed E-state index contributed by atoms with van der Waals surface area (Å²) in [6, 6.07) is 8.37. The fraction of sp³-hybridized carbons (Fsp3) is 0.267. The molecule has 0 radical (unpaired) electrons. The number of hydrogen-bond donors (Lipinski definition) is 1. The second kappa shape index (κ2) is 7.26. The molecule has 0 bridgehead atoms. The Morgan fingerprint density at radius 3 is 2.64 bits per heavy atom. The predicted molar refractivity (Wildman–Crippen MR) is 76.1 cm³/mol. The first-order valence-corrected chi connectivity index (χ1v) is 6.58.